The van der Waals surface area contributed by atoms with Crippen molar-refractivity contribution in [1.29, 1.82) is 0 Å². The Kier molecular flexibility index (Phi) is 7.58. The van der Waals surface area contributed by atoms with E-state index in [1.54, 1.807) is 0 Å². The first kappa shape index (κ1) is 12.0. The van der Waals surface area contributed by atoms with Crippen molar-refractivity contribution in [1.82, 2.24) is 0 Å². The summed E-state index contributed by atoms with van der Waals surface area (Å²) in [6.07, 6.45) is 6.47. The molecule has 0 spiro atoms. The first-order valence-corrected chi connectivity index (χ1v) is 5.19. The summed E-state index contributed by atoms with van der Waals surface area (Å²) in [5.74, 6) is 0.805. The van der Waals surface area contributed by atoms with Gasteiger partial charge in [-0.15, -0.1) is 0 Å². The number of carbonyl (C=O) groups is 1. The monoisotopic (exact) mass is 190 g/mol. The number of hydrogen-bond donors (Lipinski definition) is 0. The third-order valence-electron chi connectivity index (χ3n) is 1.90. The zero-order valence-electron chi connectivity index (χ0n) is 8.11. The standard InChI is InChI=1S/C10H19ClO/c1-9(2)7-5-3-4-6-8-10(11)12/h9H,3-8H2,1-2H3. The molecule has 1 nitrogen and oxygen atoms in total. The minimum atomic E-state index is -0.196. The second kappa shape index (κ2) is 7.60. The lowest BCUT2D eigenvalue weighted by Gasteiger charge is -2.02. The van der Waals surface area contributed by atoms with Crippen LogP contribution in [0.4, 0.5) is 0 Å². The molecule has 0 radical (unpaired) electrons. The summed E-state index contributed by atoms with van der Waals surface area (Å²) in [6.45, 7) is 4.48. The molecule has 0 aliphatic heterocycles. The van der Waals surface area contributed by atoms with Crippen molar-refractivity contribution in [2.45, 2.75) is 52.4 Å². The zero-order valence-corrected chi connectivity index (χ0v) is 8.86. The van der Waals surface area contributed by atoms with Gasteiger partial charge in [0, 0.05) is 6.42 Å². The van der Waals surface area contributed by atoms with Crippen molar-refractivity contribution in [3.63, 3.8) is 0 Å². The molecule has 0 rings (SSSR count). The van der Waals surface area contributed by atoms with E-state index in [-0.39, 0.29) is 5.24 Å². The summed E-state index contributed by atoms with van der Waals surface area (Å²) in [4.78, 5) is 10.4. The molecular weight excluding hydrogens is 172 g/mol. The van der Waals surface area contributed by atoms with Crippen LogP contribution < -0.4 is 0 Å². The maximum absolute atomic E-state index is 10.4. The molecule has 0 atom stereocenters. The topological polar surface area (TPSA) is 17.1 Å². The van der Waals surface area contributed by atoms with Crippen LogP contribution >= 0.6 is 11.6 Å². The molecule has 0 fully saturated rings. The fourth-order valence-corrected chi connectivity index (χ4v) is 1.30. The Hall–Kier alpha value is -0.0400. The molecule has 0 heterocycles. The molecule has 0 N–H and O–H groups in total. The van der Waals surface area contributed by atoms with E-state index < -0.39 is 0 Å². The Morgan fingerprint density at radius 1 is 1.17 bits per heavy atom. The van der Waals surface area contributed by atoms with Gasteiger partial charge in [0.25, 0.3) is 0 Å². The van der Waals surface area contributed by atoms with Gasteiger partial charge in [0.05, 0.1) is 0 Å². The predicted octanol–water partition coefficient (Wildman–Crippen LogP) is 3.75. The smallest absolute Gasteiger partial charge is 0.221 e. The average molecular weight is 191 g/mol. The molecule has 12 heavy (non-hydrogen) atoms. The third-order valence-corrected chi connectivity index (χ3v) is 2.09. The molecule has 0 aliphatic carbocycles. The number of rotatable bonds is 7. The quantitative estimate of drug-likeness (QED) is 0.442. The minimum Gasteiger partial charge on any atom is -0.281 e. The number of unbranched alkanes of at least 4 members (excludes halogenated alkanes) is 3. The van der Waals surface area contributed by atoms with Gasteiger partial charge < -0.3 is 0 Å². The highest BCUT2D eigenvalue weighted by Gasteiger charge is 1.97. The number of hydrogen-bond acceptors (Lipinski definition) is 1. The van der Waals surface area contributed by atoms with Crippen LogP contribution in [0, 0.1) is 5.92 Å². The molecule has 0 aliphatic rings. The number of carbonyl (C=O) groups excluding carboxylic acids is 1. The van der Waals surface area contributed by atoms with Gasteiger partial charge in [-0.2, -0.15) is 0 Å². The van der Waals surface area contributed by atoms with Gasteiger partial charge in [-0.05, 0) is 23.9 Å². The highest BCUT2D eigenvalue weighted by atomic mass is 35.5. The van der Waals surface area contributed by atoms with Crippen molar-refractivity contribution >= 4 is 16.8 Å². The van der Waals surface area contributed by atoms with Gasteiger partial charge in [-0.25, -0.2) is 0 Å². The summed E-state index contributed by atoms with van der Waals surface area (Å²) in [6, 6.07) is 0. The Bertz CT molecular complexity index is 121. The first-order valence-electron chi connectivity index (χ1n) is 4.81. The Morgan fingerprint density at radius 3 is 2.25 bits per heavy atom. The van der Waals surface area contributed by atoms with Crippen LogP contribution in [0.1, 0.15) is 52.4 Å². The fraction of sp³-hybridized carbons (Fsp3) is 0.900. The Labute approximate surface area is 80.5 Å². The molecule has 0 aromatic carbocycles. The molecule has 2 heteroatoms. The van der Waals surface area contributed by atoms with E-state index >= 15 is 0 Å². The summed E-state index contributed by atoms with van der Waals surface area (Å²) in [5.41, 5.74) is 0. The first-order chi connectivity index (χ1) is 5.63. The van der Waals surface area contributed by atoms with Crippen molar-refractivity contribution in [2.24, 2.45) is 5.92 Å². The molecule has 72 valence electrons. The second-order valence-corrected chi connectivity index (χ2v) is 4.12. The summed E-state index contributed by atoms with van der Waals surface area (Å²) >= 11 is 5.20. The lowest BCUT2D eigenvalue weighted by molar-refractivity contribution is -0.111. The normalized spacial score (nSPS) is 10.7. The maximum Gasteiger partial charge on any atom is 0.221 e. The van der Waals surface area contributed by atoms with Crippen molar-refractivity contribution in [3.05, 3.63) is 0 Å². The molecule has 0 aromatic rings. The van der Waals surface area contributed by atoms with Crippen molar-refractivity contribution in [3.8, 4) is 0 Å². The third kappa shape index (κ3) is 9.96. The van der Waals surface area contributed by atoms with Crippen molar-refractivity contribution in [2.75, 3.05) is 0 Å². The second-order valence-electron chi connectivity index (χ2n) is 3.70. The van der Waals surface area contributed by atoms with Crippen LogP contribution in [0.25, 0.3) is 0 Å². The van der Waals surface area contributed by atoms with Crippen LogP contribution in [0.2, 0.25) is 0 Å². The molecule has 0 aromatic heterocycles. The van der Waals surface area contributed by atoms with Gasteiger partial charge in [0.2, 0.25) is 5.24 Å². The van der Waals surface area contributed by atoms with Crippen LogP contribution in [-0.4, -0.2) is 5.24 Å². The SMILES string of the molecule is CC(C)CCCCCCC(=O)Cl. The van der Waals surface area contributed by atoms with E-state index in [0.29, 0.717) is 6.42 Å². The number of halogens is 1. The molecule has 0 amide bonds. The van der Waals surface area contributed by atoms with Crippen LogP contribution in [0.5, 0.6) is 0 Å². The van der Waals surface area contributed by atoms with Crippen LogP contribution in [0.15, 0.2) is 0 Å². The molecule has 0 unspecified atom stereocenters. The van der Waals surface area contributed by atoms with Crippen LogP contribution in [0.3, 0.4) is 0 Å². The Morgan fingerprint density at radius 2 is 1.75 bits per heavy atom. The maximum atomic E-state index is 10.4. The van der Waals surface area contributed by atoms with Crippen LogP contribution in [-0.2, 0) is 4.79 Å². The van der Waals surface area contributed by atoms with Gasteiger partial charge in [-0.1, -0.05) is 39.5 Å². The zero-order chi connectivity index (χ0) is 9.40. The Balaban J connectivity index is 2.96. The molecule has 0 saturated heterocycles. The van der Waals surface area contributed by atoms with E-state index in [9.17, 15) is 4.79 Å². The van der Waals surface area contributed by atoms with Gasteiger partial charge in [0.1, 0.15) is 0 Å². The van der Waals surface area contributed by atoms with Gasteiger partial charge in [0.15, 0.2) is 0 Å². The minimum absolute atomic E-state index is 0.196. The summed E-state index contributed by atoms with van der Waals surface area (Å²) in [7, 11) is 0. The van der Waals surface area contributed by atoms with E-state index in [4.69, 9.17) is 11.6 Å². The highest BCUT2D eigenvalue weighted by Crippen LogP contribution is 2.10. The van der Waals surface area contributed by atoms with E-state index in [1.807, 2.05) is 0 Å². The summed E-state index contributed by atoms with van der Waals surface area (Å²) < 4.78 is 0. The van der Waals surface area contributed by atoms with E-state index in [2.05, 4.69) is 13.8 Å². The average Bonchev–Trinajstić information content (AvgIpc) is 1.95. The van der Waals surface area contributed by atoms with E-state index in [1.165, 1.54) is 19.3 Å². The van der Waals surface area contributed by atoms with Gasteiger partial charge >= 0.3 is 0 Å². The van der Waals surface area contributed by atoms with E-state index in [0.717, 1.165) is 18.8 Å². The van der Waals surface area contributed by atoms with Crippen molar-refractivity contribution < 1.29 is 4.79 Å². The largest absolute Gasteiger partial charge is 0.281 e. The molecular formula is C10H19ClO. The fourth-order valence-electron chi connectivity index (χ4n) is 1.17. The van der Waals surface area contributed by atoms with Gasteiger partial charge in [-0.3, -0.25) is 4.79 Å². The lowest BCUT2D eigenvalue weighted by atomic mass is 10.0. The lowest BCUT2D eigenvalue weighted by Crippen LogP contribution is -1.89. The molecule has 0 saturated carbocycles. The highest BCUT2D eigenvalue weighted by molar-refractivity contribution is 6.63. The summed E-state index contributed by atoms with van der Waals surface area (Å²) in [5, 5.41) is -0.196. The predicted molar refractivity (Wildman–Crippen MR) is 53.4 cm³/mol. The molecule has 0 bridgehead atoms.